The van der Waals surface area contributed by atoms with Gasteiger partial charge in [-0.2, -0.15) is 0 Å². The fraction of sp³-hybridized carbons (Fsp3) is 0.432. The summed E-state index contributed by atoms with van der Waals surface area (Å²) in [5.74, 6) is -0.567. The molecule has 2 fully saturated rings. The number of amides is 2. The first-order chi connectivity index (χ1) is 21.9. The van der Waals surface area contributed by atoms with Crippen molar-refractivity contribution in [1.29, 1.82) is 0 Å². The predicted molar refractivity (Wildman–Crippen MR) is 173 cm³/mol. The summed E-state index contributed by atoms with van der Waals surface area (Å²) in [6.07, 6.45) is 8.90. The fourth-order valence-electron chi connectivity index (χ4n) is 6.41. The van der Waals surface area contributed by atoms with E-state index in [1.807, 2.05) is 84.9 Å². The zero-order chi connectivity index (χ0) is 31.5. The molecule has 0 saturated heterocycles. The number of hydrogen-bond donors (Lipinski definition) is 2. The van der Waals surface area contributed by atoms with Crippen LogP contribution in [0.1, 0.15) is 86.5 Å². The number of nitrogens with one attached hydrogen (secondary N) is 1. The highest BCUT2D eigenvalue weighted by atomic mass is 16.5. The Balaban J connectivity index is 0.000000201. The molecule has 0 radical (unpaired) electrons. The van der Waals surface area contributed by atoms with Crippen molar-refractivity contribution in [2.24, 2.45) is 5.73 Å². The maximum absolute atomic E-state index is 13.0. The number of urea groups is 1. The maximum Gasteiger partial charge on any atom is 0.332 e. The number of rotatable bonds is 7. The number of carbonyl (C=O) groups is 3. The van der Waals surface area contributed by atoms with Crippen LogP contribution in [0.3, 0.4) is 0 Å². The van der Waals surface area contributed by atoms with Crippen LogP contribution in [0, 0.1) is 0 Å². The van der Waals surface area contributed by atoms with E-state index in [1.165, 1.54) is 17.5 Å². The molecule has 45 heavy (non-hydrogen) atoms. The van der Waals surface area contributed by atoms with E-state index in [-0.39, 0.29) is 24.6 Å². The van der Waals surface area contributed by atoms with Crippen molar-refractivity contribution in [3.05, 3.63) is 107 Å². The standard InChI is InChI=1S/C23H26N2O3.C14H19NO2/c26-21(28-17-18-9-3-1-4-10-18)23(13-7-2-8-14-23)24-22(27)25-15-19-11-5-6-12-20(19)16-25;15-14(9-5-2-6-10-14)13(16)17-11-12-7-3-1-4-8-12/h1,3-6,9-12H,2,7-8,13-17H2,(H,24,27);1,3-4,7-8H,2,5-6,9-11,15H2. The minimum atomic E-state index is -0.918. The highest BCUT2D eigenvalue weighted by molar-refractivity contribution is 5.88. The van der Waals surface area contributed by atoms with Crippen LogP contribution in [-0.2, 0) is 45.4 Å². The molecular weight excluding hydrogens is 566 g/mol. The van der Waals surface area contributed by atoms with Crippen molar-refractivity contribution >= 4 is 18.0 Å². The summed E-state index contributed by atoms with van der Waals surface area (Å²) in [5, 5.41) is 3.06. The van der Waals surface area contributed by atoms with Crippen LogP contribution in [0.5, 0.6) is 0 Å². The van der Waals surface area contributed by atoms with Gasteiger partial charge >= 0.3 is 18.0 Å². The number of carbonyl (C=O) groups excluding carboxylic acids is 3. The highest BCUT2D eigenvalue weighted by Crippen LogP contribution is 2.31. The molecule has 3 aromatic rings. The third kappa shape index (κ3) is 8.51. The monoisotopic (exact) mass is 611 g/mol. The number of ether oxygens (including phenoxy) is 2. The molecule has 6 rings (SSSR count). The molecular formula is C37H45N3O5. The van der Waals surface area contributed by atoms with Crippen LogP contribution >= 0.6 is 0 Å². The minimum absolute atomic E-state index is 0.185. The van der Waals surface area contributed by atoms with Gasteiger partial charge in [0.2, 0.25) is 0 Å². The van der Waals surface area contributed by atoms with Gasteiger partial charge in [-0.05, 0) is 47.9 Å². The van der Waals surface area contributed by atoms with Crippen molar-refractivity contribution in [1.82, 2.24) is 10.2 Å². The molecule has 0 atom stereocenters. The first-order valence-electron chi connectivity index (χ1n) is 16.2. The Morgan fingerprint density at radius 3 is 1.58 bits per heavy atom. The van der Waals surface area contributed by atoms with Gasteiger partial charge in [0.05, 0.1) is 0 Å². The molecule has 2 saturated carbocycles. The first-order valence-corrected chi connectivity index (χ1v) is 16.2. The van der Waals surface area contributed by atoms with E-state index >= 15 is 0 Å². The molecule has 3 aliphatic rings. The van der Waals surface area contributed by atoms with Crippen LogP contribution in [0.15, 0.2) is 84.9 Å². The highest BCUT2D eigenvalue weighted by Gasteiger charge is 2.43. The second-order valence-corrected chi connectivity index (χ2v) is 12.5. The van der Waals surface area contributed by atoms with E-state index in [0.717, 1.165) is 56.1 Å². The largest absolute Gasteiger partial charge is 0.459 e. The topological polar surface area (TPSA) is 111 Å². The van der Waals surface area contributed by atoms with Gasteiger partial charge in [-0.3, -0.25) is 4.79 Å². The Morgan fingerprint density at radius 1 is 0.622 bits per heavy atom. The Hall–Kier alpha value is -4.17. The van der Waals surface area contributed by atoms with Gasteiger partial charge in [0.1, 0.15) is 24.3 Å². The van der Waals surface area contributed by atoms with Crippen molar-refractivity contribution < 1.29 is 23.9 Å². The molecule has 0 spiro atoms. The fourth-order valence-corrected chi connectivity index (χ4v) is 6.41. The Morgan fingerprint density at radius 2 is 1.07 bits per heavy atom. The Labute approximate surface area is 266 Å². The third-order valence-electron chi connectivity index (χ3n) is 9.15. The van der Waals surface area contributed by atoms with Crippen LogP contribution in [0.2, 0.25) is 0 Å². The van der Waals surface area contributed by atoms with E-state index in [2.05, 4.69) is 5.32 Å². The number of fused-ring (bicyclic) bond motifs is 1. The molecule has 3 N–H and O–H groups in total. The summed E-state index contributed by atoms with van der Waals surface area (Å²) in [6.45, 7) is 1.71. The molecule has 0 unspecified atom stereocenters. The second-order valence-electron chi connectivity index (χ2n) is 12.5. The van der Waals surface area contributed by atoms with Crippen LogP contribution in [0.4, 0.5) is 4.79 Å². The minimum Gasteiger partial charge on any atom is -0.459 e. The van der Waals surface area contributed by atoms with E-state index in [0.29, 0.717) is 32.5 Å². The average molecular weight is 612 g/mol. The summed E-state index contributed by atoms with van der Waals surface area (Å²) in [7, 11) is 0. The van der Waals surface area contributed by atoms with Crippen LogP contribution in [-0.4, -0.2) is 33.9 Å². The Kier molecular flexibility index (Phi) is 10.9. The van der Waals surface area contributed by atoms with Crippen molar-refractivity contribution in [3.63, 3.8) is 0 Å². The van der Waals surface area contributed by atoms with Gasteiger partial charge < -0.3 is 25.4 Å². The number of benzene rings is 3. The summed E-state index contributed by atoms with van der Waals surface area (Å²) in [4.78, 5) is 39.7. The van der Waals surface area contributed by atoms with Crippen molar-refractivity contribution in [3.8, 4) is 0 Å². The van der Waals surface area contributed by atoms with Gasteiger partial charge in [-0.15, -0.1) is 0 Å². The maximum atomic E-state index is 13.0. The zero-order valence-electron chi connectivity index (χ0n) is 26.0. The second kappa shape index (κ2) is 15.2. The zero-order valence-corrected chi connectivity index (χ0v) is 26.0. The average Bonchev–Trinajstić information content (AvgIpc) is 3.53. The SMILES string of the molecule is NC1(C(=O)OCc2ccccc2)CCCCC1.O=C(NC1(C(=O)OCc2ccccc2)CCCCC1)N1Cc2ccccc2C1. The number of nitrogens with two attached hydrogens (primary N) is 1. The molecule has 8 nitrogen and oxygen atoms in total. The third-order valence-corrected chi connectivity index (χ3v) is 9.15. The summed E-state index contributed by atoms with van der Waals surface area (Å²) >= 11 is 0. The van der Waals surface area contributed by atoms with E-state index in [9.17, 15) is 14.4 Å². The molecule has 0 aromatic heterocycles. The lowest BCUT2D eigenvalue weighted by Gasteiger charge is -2.36. The van der Waals surface area contributed by atoms with Crippen LogP contribution in [0.25, 0.3) is 0 Å². The molecule has 2 aliphatic carbocycles. The lowest BCUT2D eigenvalue weighted by Crippen LogP contribution is -2.58. The van der Waals surface area contributed by atoms with Gasteiger partial charge in [0.25, 0.3) is 0 Å². The van der Waals surface area contributed by atoms with Gasteiger partial charge in [-0.25, -0.2) is 9.59 Å². The predicted octanol–water partition coefficient (Wildman–Crippen LogP) is 6.55. The van der Waals surface area contributed by atoms with Gasteiger partial charge in [0, 0.05) is 13.1 Å². The summed E-state index contributed by atoms with van der Waals surface area (Å²) in [6, 6.07) is 27.2. The smallest absolute Gasteiger partial charge is 0.332 e. The number of esters is 2. The Bertz CT molecular complexity index is 1390. The lowest BCUT2D eigenvalue weighted by atomic mass is 9.81. The molecule has 3 aromatic carbocycles. The molecule has 0 bridgehead atoms. The first kappa shape index (κ1) is 32.2. The molecule has 238 valence electrons. The quantitative estimate of drug-likeness (QED) is 0.293. The van der Waals surface area contributed by atoms with E-state index < -0.39 is 11.1 Å². The lowest BCUT2D eigenvalue weighted by molar-refractivity contribution is -0.154. The normalized spacial score (nSPS) is 18.0. The molecule has 1 heterocycles. The van der Waals surface area contributed by atoms with E-state index in [1.54, 1.807) is 4.90 Å². The van der Waals surface area contributed by atoms with E-state index in [4.69, 9.17) is 15.2 Å². The molecule has 2 amide bonds. The number of hydrogen-bond acceptors (Lipinski definition) is 6. The summed E-state index contributed by atoms with van der Waals surface area (Å²) in [5.41, 5.74) is 8.72. The van der Waals surface area contributed by atoms with Crippen molar-refractivity contribution in [2.75, 3.05) is 0 Å². The van der Waals surface area contributed by atoms with Gasteiger partial charge in [-0.1, -0.05) is 123 Å². The van der Waals surface area contributed by atoms with Crippen LogP contribution < -0.4 is 11.1 Å². The number of nitrogens with zero attached hydrogens (tertiary/aromatic N) is 1. The van der Waals surface area contributed by atoms with Gasteiger partial charge in [0.15, 0.2) is 0 Å². The van der Waals surface area contributed by atoms with Crippen molar-refractivity contribution in [2.45, 2.75) is 102 Å². The molecule has 8 heteroatoms. The molecule has 1 aliphatic heterocycles. The summed E-state index contributed by atoms with van der Waals surface area (Å²) < 4.78 is 10.9.